The highest BCUT2D eigenvalue weighted by Crippen LogP contribution is 2.34. The van der Waals surface area contributed by atoms with Crippen molar-refractivity contribution in [1.82, 2.24) is 5.32 Å². The Balaban J connectivity index is 1.95. The summed E-state index contributed by atoms with van der Waals surface area (Å²) in [7, 11) is 0. The first-order valence-electron chi connectivity index (χ1n) is 7.61. The van der Waals surface area contributed by atoms with E-state index in [1.165, 1.54) is 0 Å². The number of benzene rings is 2. The average Bonchev–Trinajstić information content (AvgIpc) is 2.58. The minimum Gasteiger partial charge on any atom is -0.381 e. The van der Waals surface area contributed by atoms with Crippen molar-refractivity contribution in [3.05, 3.63) is 67.6 Å². The van der Waals surface area contributed by atoms with Crippen LogP contribution in [0.4, 0.5) is 0 Å². The van der Waals surface area contributed by atoms with Crippen LogP contribution in [0.5, 0.6) is 0 Å². The maximum Gasteiger partial charge on any atom is 0.253 e. The van der Waals surface area contributed by atoms with Gasteiger partial charge >= 0.3 is 0 Å². The van der Waals surface area contributed by atoms with E-state index in [1.54, 1.807) is 12.1 Å². The topological polar surface area (TPSA) is 38.3 Å². The average molecular weight is 474 g/mol. The van der Waals surface area contributed by atoms with Crippen LogP contribution in [0.3, 0.4) is 0 Å². The molecule has 0 atom stereocenters. The molecule has 0 aromatic heterocycles. The molecule has 1 aliphatic heterocycles. The summed E-state index contributed by atoms with van der Waals surface area (Å²) < 4.78 is 7.32. The molecule has 1 fully saturated rings. The van der Waals surface area contributed by atoms with Crippen LogP contribution in [0, 0.1) is 0 Å². The molecule has 2 aromatic carbocycles. The van der Waals surface area contributed by atoms with Crippen LogP contribution in [0.2, 0.25) is 5.02 Å². The molecule has 0 radical (unpaired) electrons. The van der Waals surface area contributed by atoms with Crippen LogP contribution in [-0.4, -0.2) is 19.1 Å². The Morgan fingerprint density at radius 1 is 1.08 bits per heavy atom. The van der Waals surface area contributed by atoms with Crippen molar-refractivity contribution in [2.24, 2.45) is 0 Å². The Labute approximate surface area is 163 Å². The van der Waals surface area contributed by atoms with E-state index in [-0.39, 0.29) is 5.91 Å². The molecule has 1 amide bonds. The summed E-state index contributed by atoms with van der Waals surface area (Å²) in [6.45, 7) is 1.22. The quantitative estimate of drug-likeness (QED) is 0.657. The van der Waals surface area contributed by atoms with E-state index >= 15 is 0 Å². The first kappa shape index (κ1) is 17.9. The third kappa shape index (κ3) is 3.85. The molecular formula is C18H16Br2ClNO2. The smallest absolute Gasteiger partial charge is 0.253 e. The van der Waals surface area contributed by atoms with Crippen LogP contribution >= 0.6 is 43.5 Å². The van der Waals surface area contributed by atoms with Crippen LogP contribution in [-0.2, 0) is 10.3 Å². The van der Waals surface area contributed by atoms with Gasteiger partial charge in [-0.15, -0.1) is 0 Å². The van der Waals surface area contributed by atoms with Gasteiger partial charge in [0.05, 0.1) is 16.1 Å². The largest absolute Gasteiger partial charge is 0.381 e. The minimum absolute atomic E-state index is 0.178. The van der Waals surface area contributed by atoms with E-state index in [2.05, 4.69) is 37.2 Å². The first-order chi connectivity index (χ1) is 11.5. The molecule has 1 aliphatic rings. The van der Waals surface area contributed by atoms with Crippen molar-refractivity contribution in [3.8, 4) is 0 Å². The van der Waals surface area contributed by atoms with E-state index in [0.717, 1.165) is 27.4 Å². The molecular weight excluding hydrogens is 457 g/mol. The second kappa shape index (κ2) is 7.56. The van der Waals surface area contributed by atoms with Crippen LogP contribution in [0.25, 0.3) is 0 Å². The summed E-state index contributed by atoms with van der Waals surface area (Å²) >= 11 is 13.1. The molecule has 6 heteroatoms. The summed E-state index contributed by atoms with van der Waals surface area (Å²) in [5.74, 6) is -0.178. The predicted octanol–water partition coefficient (Wildman–Crippen LogP) is 5.30. The molecule has 0 aliphatic carbocycles. The molecule has 1 N–H and O–H groups in total. The van der Waals surface area contributed by atoms with Crippen molar-refractivity contribution in [2.75, 3.05) is 13.2 Å². The third-order valence-corrected chi connectivity index (χ3v) is 5.57. The molecule has 1 heterocycles. The van der Waals surface area contributed by atoms with E-state index in [4.69, 9.17) is 16.3 Å². The molecule has 2 aromatic rings. The first-order valence-corrected chi connectivity index (χ1v) is 9.58. The lowest BCUT2D eigenvalue weighted by molar-refractivity contribution is 0.0345. The monoisotopic (exact) mass is 471 g/mol. The van der Waals surface area contributed by atoms with Crippen molar-refractivity contribution >= 4 is 49.4 Å². The number of rotatable bonds is 3. The van der Waals surface area contributed by atoms with Gasteiger partial charge in [0.2, 0.25) is 0 Å². The van der Waals surface area contributed by atoms with Gasteiger partial charge in [-0.3, -0.25) is 4.79 Å². The molecule has 126 valence electrons. The van der Waals surface area contributed by atoms with Crippen molar-refractivity contribution < 1.29 is 9.53 Å². The second-order valence-electron chi connectivity index (χ2n) is 5.78. The molecule has 0 unspecified atom stereocenters. The zero-order valence-electron chi connectivity index (χ0n) is 12.8. The number of carbonyl (C=O) groups is 1. The van der Waals surface area contributed by atoms with Crippen molar-refractivity contribution in [2.45, 2.75) is 18.4 Å². The summed E-state index contributed by atoms with van der Waals surface area (Å²) in [6, 6.07) is 13.3. The maximum atomic E-state index is 12.9. The fraction of sp³-hybridized carbons (Fsp3) is 0.278. The number of carbonyl (C=O) groups excluding carboxylic acids is 1. The predicted molar refractivity (Wildman–Crippen MR) is 102 cm³/mol. The Morgan fingerprint density at radius 3 is 2.50 bits per heavy atom. The van der Waals surface area contributed by atoms with E-state index < -0.39 is 5.54 Å². The fourth-order valence-corrected chi connectivity index (χ4v) is 3.91. The second-order valence-corrected chi connectivity index (χ2v) is 8.02. The van der Waals surface area contributed by atoms with Gasteiger partial charge in [-0.1, -0.05) is 55.6 Å². The molecule has 3 rings (SSSR count). The normalized spacial score (nSPS) is 16.6. The summed E-state index contributed by atoms with van der Waals surface area (Å²) in [6.07, 6.45) is 1.45. The highest BCUT2D eigenvalue weighted by atomic mass is 79.9. The Kier molecular flexibility index (Phi) is 5.65. The molecule has 24 heavy (non-hydrogen) atoms. The van der Waals surface area contributed by atoms with Gasteiger partial charge in [-0.2, -0.15) is 0 Å². The number of hydrogen-bond acceptors (Lipinski definition) is 2. The maximum absolute atomic E-state index is 12.9. The Bertz CT molecular complexity index is 760. The molecule has 3 nitrogen and oxygen atoms in total. The van der Waals surface area contributed by atoms with Gasteiger partial charge in [-0.05, 0) is 48.7 Å². The Hall–Kier alpha value is -0.880. The third-order valence-electron chi connectivity index (χ3n) is 4.25. The number of nitrogens with one attached hydrogen (secondary N) is 1. The number of ether oxygens (including phenoxy) is 1. The van der Waals surface area contributed by atoms with Gasteiger partial charge in [0.15, 0.2) is 0 Å². The SMILES string of the molecule is O=C(NC1(c2cccc(Br)c2)CCOCC1)c1cc(Br)ccc1Cl. The lowest BCUT2D eigenvalue weighted by Crippen LogP contribution is -2.49. The summed E-state index contributed by atoms with van der Waals surface area (Å²) in [5, 5.41) is 3.65. The van der Waals surface area contributed by atoms with Gasteiger partial charge in [-0.25, -0.2) is 0 Å². The van der Waals surface area contributed by atoms with Gasteiger partial charge < -0.3 is 10.1 Å². The molecule has 0 bridgehead atoms. The summed E-state index contributed by atoms with van der Waals surface area (Å²) in [4.78, 5) is 12.9. The van der Waals surface area contributed by atoms with Gasteiger partial charge in [0.25, 0.3) is 5.91 Å². The zero-order valence-corrected chi connectivity index (χ0v) is 16.7. The Morgan fingerprint density at radius 2 is 1.79 bits per heavy atom. The van der Waals surface area contributed by atoms with Crippen LogP contribution < -0.4 is 5.32 Å². The number of amides is 1. The van der Waals surface area contributed by atoms with Crippen molar-refractivity contribution in [3.63, 3.8) is 0 Å². The fourth-order valence-electron chi connectivity index (χ4n) is 2.95. The molecule has 1 saturated heterocycles. The summed E-state index contributed by atoms with van der Waals surface area (Å²) in [5.41, 5.74) is 1.08. The lowest BCUT2D eigenvalue weighted by Gasteiger charge is -2.38. The zero-order chi connectivity index (χ0) is 17.2. The van der Waals surface area contributed by atoms with Crippen molar-refractivity contribution in [1.29, 1.82) is 0 Å². The number of hydrogen-bond donors (Lipinski definition) is 1. The lowest BCUT2D eigenvalue weighted by atomic mass is 9.82. The standard InChI is InChI=1S/C18H16Br2ClNO2/c19-13-3-1-2-12(10-13)18(6-8-24-9-7-18)22-17(23)15-11-14(20)4-5-16(15)21/h1-5,10-11H,6-9H2,(H,22,23). The highest BCUT2D eigenvalue weighted by molar-refractivity contribution is 9.10. The highest BCUT2D eigenvalue weighted by Gasteiger charge is 2.36. The molecule has 0 saturated carbocycles. The van der Waals surface area contributed by atoms with Gasteiger partial charge in [0.1, 0.15) is 0 Å². The minimum atomic E-state index is -0.454. The van der Waals surface area contributed by atoms with Crippen LogP contribution in [0.15, 0.2) is 51.4 Å². The van der Waals surface area contributed by atoms with Crippen LogP contribution in [0.1, 0.15) is 28.8 Å². The van der Waals surface area contributed by atoms with Gasteiger partial charge in [0, 0.05) is 22.2 Å². The van der Waals surface area contributed by atoms with E-state index in [9.17, 15) is 4.79 Å². The number of halogens is 3. The van der Waals surface area contributed by atoms with E-state index in [1.807, 2.05) is 30.3 Å². The van der Waals surface area contributed by atoms with E-state index in [0.29, 0.717) is 23.8 Å². The molecule has 0 spiro atoms.